The topological polar surface area (TPSA) is 84.9 Å². The maximum Gasteiger partial charge on any atom is 0.326 e. The second kappa shape index (κ2) is 7.85. The number of aliphatic carboxylic acids is 1. The third-order valence-corrected chi connectivity index (χ3v) is 3.97. The number of amides is 1. The fraction of sp³-hybridized carbons (Fsp3) is 0.529. The summed E-state index contributed by atoms with van der Waals surface area (Å²) >= 11 is 0. The minimum absolute atomic E-state index is 0.108. The Kier molecular flexibility index (Phi) is 5.84. The summed E-state index contributed by atoms with van der Waals surface area (Å²) in [5.41, 5.74) is 0.764. The minimum Gasteiger partial charge on any atom is -0.490 e. The summed E-state index contributed by atoms with van der Waals surface area (Å²) in [6.07, 6.45) is 1.61. The summed E-state index contributed by atoms with van der Waals surface area (Å²) in [7, 11) is 0. The van der Waals surface area contributed by atoms with Gasteiger partial charge in [-0.3, -0.25) is 4.79 Å². The highest BCUT2D eigenvalue weighted by Gasteiger charge is 2.25. The molecule has 0 spiro atoms. The number of hydrogen-bond donors (Lipinski definition) is 2. The molecule has 6 heteroatoms. The Bertz CT molecular complexity index is 572. The maximum atomic E-state index is 12.1. The van der Waals surface area contributed by atoms with E-state index in [4.69, 9.17) is 9.47 Å². The molecule has 126 valence electrons. The zero-order valence-corrected chi connectivity index (χ0v) is 13.5. The molecule has 23 heavy (non-hydrogen) atoms. The van der Waals surface area contributed by atoms with E-state index in [0.717, 1.165) is 12.0 Å². The molecule has 2 atom stereocenters. The summed E-state index contributed by atoms with van der Waals surface area (Å²) < 4.78 is 11.1. The Morgan fingerprint density at radius 1 is 1.26 bits per heavy atom. The molecule has 1 aliphatic heterocycles. The van der Waals surface area contributed by atoms with E-state index in [-0.39, 0.29) is 18.2 Å². The van der Waals surface area contributed by atoms with Crippen LogP contribution in [0.4, 0.5) is 0 Å². The minimum atomic E-state index is -1.01. The summed E-state index contributed by atoms with van der Waals surface area (Å²) in [6, 6.07) is 4.49. The predicted molar refractivity (Wildman–Crippen MR) is 84.8 cm³/mol. The summed E-state index contributed by atoms with van der Waals surface area (Å²) in [4.78, 5) is 23.4. The van der Waals surface area contributed by atoms with Crippen LogP contribution in [-0.4, -0.2) is 36.2 Å². The number of carboxylic acid groups (broad SMARTS) is 1. The van der Waals surface area contributed by atoms with Crippen LogP contribution >= 0.6 is 0 Å². The number of carboxylic acids is 1. The van der Waals surface area contributed by atoms with Crippen LogP contribution in [0.1, 0.15) is 32.3 Å². The van der Waals surface area contributed by atoms with Gasteiger partial charge >= 0.3 is 5.97 Å². The van der Waals surface area contributed by atoms with Gasteiger partial charge in [-0.2, -0.15) is 0 Å². The molecule has 0 bridgehead atoms. The van der Waals surface area contributed by atoms with Gasteiger partial charge in [-0.05, 0) is 23.6 Å². The number of nitrogens with one attached hydrogen (secondary N) is 1. The van der Waals surface area contributed by atoms with Crippen LogP contribution in [0.2, 0.25) is 0 Å². The van der Waals surface area contributed by atoms with Gasteiger partial charge in [0.15, 0.2) is 11.5 Å². The van der Waals surface area contributed by atoms with Gasteiger partial charge in [0.25, 0.3) is 0 Å². The smallest absolute Gasteiger partial charge is 0.326 e. The molecule has 0 saturated heterocycles. The first-order chi connectivity index (χ1) is 11.0. The second-order valence-electron chi connectivity index (χ2n) is 5.78. The lowest BCUT2D eigenvalue weighted by atomic mass is 9.99. The average Bonchev–Trinajstić information content (AvgIpc) is 2.76. The summed E-state index contributed by atoms with van der Waals surface area (Å²) in [5.74, 6) is -0.141. The highest BCUT2D eigenvalue weighted by molar-refractivity contribution is 5.85. The Labute approximate surface area is 135 Å². The van der Waals surface area contributed by atoms with Crippen LogP contribution in [0.3, 0.4) is 0 Å². The third-order valence-electron chi connectivity index (χ3n) is 3.97. The van der Waals surface area contributed by atoms with Crippen molar-refractivity contribution in [1.82, 2.24) is 5.32 Å². The van der Waals surface area contributed by atoms with Crippen molar-refractivity contribution in [2.75, 3.05) is 13.2 Å². The van der Waals surface area contributed by atoms with Crippen molar-refractivity contribution in [2.45, 2.75) is 39.2 Å². The zero-order valence-electron chi connectivity index (χ0n) is 13.5. The number of hydrogen-bond acceptors (Lipinski definition) is 4. The fourth-order valence-electron chi connectivity index (χ4n) is 2.41. The largest absolute Gasteiger partial charge is 0.490 e. The second-order valence-corrected chi connectivity index (χ2v) is 5.78. The van der Waals surface area contributed by atoms with Gasteiger partial charge in [-0.25, -0.2) is 4.79 Å². The molecule has 0 aliphatic carbocycles. The third kappa shape index (κ3) is 4.61. The molecule has 1 aromatic rings. The van der Waals surface area contributed by atoms with Crippen molar-refractivity contribution >= 4 is 11.9 Å². The van der Waals surface area contributed by atoms with Gasteiger partial charge in [-0.1, -0.05) is 26.3 Å². The molecule has 2 rings (SSSR count). The molecule has 0 saturated carbocycles. The molecule has 6 nitrogen and oxygen atoms in total. The summed E-state index contributed by atoms with van der Waals surface area (Å²) in [6.45, 7) is 4.91. The molecule has 1 heterocycles. The lowest BCUT2D eigenvalue weighted by molar-refractivity contribution is -0.143. The quantitative estimate of drug-likeness (QED) is 0.837. The molecule has 2 N–H and O–H groups in total. The van der Waals surface area contributed by atoms with E-state index in [1.54, 1.807) is 18.2 Å². The van der Waals surface area contributed by atoms with Crippen molar-refractivity contribution < 1.29 is 24.2 Å². The van der Waals surface area contributed by atoms with E-state index in [1.165, 1.54) is 0 Å². The lowest BCUT2D eigenvalue weighted by Gasteiger charge is -2.20. The highest BCUT2D eigenvalue weighted by atomic mass is 16.5. The first kappa shape index (κ1) is 17.1. The predicted octanol–water partition coefficient (Wildman–Crippen LogP) is 2.01. The van der Waals surface area contributed by atoms with Crippen molar-refractivity contribution in [3.63, 3.8) is 0 Å². The Morgan fingerprint density at radius 2 is 1.96 bits per heavy atom. The molecular weight excluding hydrogens is 298 g/mol. The lowest BCUT2D eigenvalue weighted by Crippen LogP contribution is -2.45. The zero-order chi connectivity index (χ0) is 16.8. The van der Waals surface area contributed by atoms with Crippen molar-refractivity contribution in [3.05, 3.63) is 23.8 Å². The molecular formula is C17H23NO5. The Hall–Kier alpha value is -2.24. The molecule has 0 fully saturated rings. The standard InChI is InChI=1S/C17H23NO5/c1-3-11(2)16(17(20)21)18-15(19)10-12-5-6-13-14(9-12)23-8-4-7-22-13/h5-6,9,11,16H,3-4,7-8,10H2,1-2H3,(H,18,19)(H,20,21)/t11-,16+/m1/s1. The molecule has 0 aromatic heterocycles. The van der Waals surface area contributed by atoms with E-state index in [9.17, 15) is 14.7 Å². The van der Waals surface area contributed by atoms with Crippen LogP contribution in [-0.2, 0) is 16.0 Å². The number of benzene rings is 1. The van der Waals surface area contributed by atoms with E-state index >= 15 is 0 Å². The van der Waals surface area contributed by atoms with E-state index in [0.29, 0.717) is 31.1 Å². The van der Waals surface area contributed by atoms with Gasteiger partial charge in [0, 0.05) is 6.42 Å². The fourth-order valence-corrected chi connectivity index (χ4v) is 2.41. The van der Waals surface area contributed by atoms with E-state index in [2.05, 4.69) is 5.32 Å². The molecule has 1 amide bonds. The monoisotopic (exact) mass is 321 g/mol. The van der Waals surface area contributed by atoms with Crippen LogP contribution in [0.25, 0.3) is 0 Å². The van der Waals surface area contributed by atoms with Crippen LogP contribution < -0.4 is 14.8 Å². The van der Waals surface area contributed by atoms with E-state index in [1.807, 2.05) is 13.8 Å². The van der Waals surface area contributed by atoms with Gasteiger partial charge in [0.05, 0.1) is 19.6 Å². The Balaban J connectivity index is 2.02. The average molecular weight is 321 g/mol. The van der Waals surface area contributed by atoms with Crippen molar-refractivity contribution in [1.29, 1.82) is 0 Å². The van der Waals surface area contributed by atoms with Crippen molar-refractivity contribution in [2.24, 2.45) is 5.92 Å². The first-order valence-electron chi connectivity index (χ1n) is 7.92. The number of carbonyl (C=O) groups excluding carboxylic acids is 1. The van der Waals surface area contributed by atoms with Crippen LogP contribution in [0, 0.1) is 5.92 Å². The molecule has 1 aliphatic rings. The first-order valence-corrected chi connectivity index (χ1v) is 7.92. The van der Waals surface area contributed by atoms with Gasteiger partial charge < -0.3 is 19.9 Å². The molecule has 0 unspecified atom stereocenters. The van der Waals surface area contributed by atoms with Crippen LogP contribution in [0.15, 0.2) is 18.2 Å². The van der Waals surface area contributed by atoms with Crippen LogP contribution in [0.5, 0.6) is 11.5 Å². The number of rotatable bonds is 6. The number of carbonyl (C=O) groups is 2. The number of ether oxygens (including phenoxy) is 2. The summed E-state index contributed by atoms with van der Waals surface area (Å²) in [5, 5.41) is 11.8. The highest BCUT2D eigenvalue weighted by Crippen LogP contribution is 2.30. The molecule has 1 aromatic carbocycles. The molecule has 0 radical (unpaired) electrons. The Morgan fingerprint density at radius 3 is 2.61 bits per heavy atom. The SMILES string of the molecule is CC[C@@H](C)[C@H](NC(=O)Cc1ccc2c(c1)OCCCO2)C(=O)O. The maximum absolute atomic E-state index is 12.1. The van der Waals surface area contributed by atoms with Gasteiger partial charge in [0.2, 0.25) is 5.91 Å². The van der Waals surface area contributed by atoms with E-state index < -0.39 is 12.0 Å². The van der Waals surface area contributed by atoms with Gasteiger partial charge in [0.1, 0.15) is 6.04 Å². The number of fused-ring (bicyclic) bond motifs is 1. The van der Waals surface area contributed by atoms with Crippen molar-refractivity contribution in [3.8, 4) is 11.5 Å². The van der Waals surface area contributed by atoms with Gasteiger partial charge in [-0.15, -0.1) is 0 Å². The normalized spacial score (nSPS) is 16.1.